The van der Waals surface area contributed by atoms with Gasteiger partial charge in [0.05, 0.1) is 6.20 Å². The lowest BCUT2D eigenvalue weighted by Crippen LogP contribution is -2.38. The maximum absolute atomic E-state index is 12.3. The van der Waals surface area contributed by atoms with Gasteiger partial charge in [0.25, 0.3) is 5.91 Å². The number of benzene rings is 1. The third kappa shape index (κ3) is 3.36. The largest absolute Gasteiger partial charge is 0.349 e. The standard InChI is InChI=1S/C17H22N4O/c1-21(2)11-12-3-5-13(6-4-12)17(22)19-15-8-7-14-10-18-20-16(14)9-15/h3-6,10,15H,7-9,11H2,1-2H3,(H,18,20)(H,19,22)/t15-/m0/s1. The number of carbonyl (C=O) groups excluding carboxylic acids is 1. The second kappa shape index (κ2) is 6.32. The topological polar surface area (TPSA) is 61.0 Å². The van der Waals surface area contributed by atoms with Gasteiger partial charge < -0.3 is 10.2 Å². The van der Waals surface area contributed by atoms with Crippen molar-refractivity contribution >= 4 is 5.91 Å². The van der Waals surface area contributed by atoms with Gasteiger partial charge in [-0.1, -0.05) is 12.1 Å². The van der Waals surface area contributed by atoms with Gasteiger partial charge >= 0.3 is 0 Å². The van der Waals surface area contributed by atoms with E-state index in [0.29, 0.717) is 0 Å². The molecule has 1 aliphatic rings. The molecule has 0 spiro atoms. The molecule has 0 bridgehead atoms. The highest BCUT2D eigenvalue weighted by molar-refractivity contribution is 5.94. The van der Waals surface area contributed by atoms with Crippen LogP contribution in [0, 0.1) is 0 Å². The number of nitrogens with one attached hydrogen (secondary N) is 2. The summed E-state index contributed by atoms with van der Waals surface area (Å²) in [6.07, 6.45) is 4.66. The molecule has 5 heteroatoms. The van der Waals surface area contributed by atoms with E-state index >= 15 is 0 Å². The lowest BCUT2D eigenvalue weighted by molar-refractivity contribution is 0.0933. The molecule has 1 atom stereocenters. The summed E-state index contributed by atoms with van der Waals surface area (Å²) in [6, 6.07) is 8.02. The Balaban J connectivity index is 1.60. The Hall–Kier alpha value is -2.14. The van der Waals surface area contributed by atoms with Crippen LogP contribution in [0.2, 0.25) is 0 Å². The molecule has 1 aromatic carbocycles. The molecule has 1 aromatic heterocycles. The van der Waals surface area contributed by atoms with E-state index in [2.05, 4.69) is 20.4 Å². The summed E-state index contributed by atoms with van der Waals surface area (Å²) in [5, 5.41) is 10.2. The van der Waals surface area contributed by atoms with Crippen molar-refractivity contribution in [3.05, 3.63) is 52.8 Å². The molecule has 0 radical (unpaired) electrons. The quantitative estimate of drug-likeness (QED) is 0.904. The first-order valence-corrected chi connectivity index (χ1v) is 7.67. The minimum absolute atomic E-state index is 0.00404. The third-order valence-electron chi connectivity index (χ3n) is 4.07. The summed E-state index contributed by atoms with van der Waals surface area (Å²) < 4.78 is 0. The molecule has 0 saturated carbocycles. The average molecular weight is 298 g/mol. The van der Waals surface area contributed by atoms with E-state index in [0.717, 1.165) is 37.1 Å². The Morgan fingerprint density at radius 1 is 1.36 bits per heavy atom. The summed E-state index contributed by atoms with van der Waals surface area (Å²) in [5.41, 5.74) is 4.36. The number of H-pyrrole nitrogens is 1. The first-order valence-electron chi connectivity index (χ1n) is 7.67. The summed E-state index contributed by atoms with van der Waals surface area (Å²) in [6.45, 7) is 0.882. The molecule has 2 N–H and O–H groups in total. The van der Waals surface area contributed by atoms with Crippen molar-refractivity contribution in [1.82, 2.24) is 20.4 Å². The second-order valence-corrected chi connectivity index (χ2v) is 6.22. The van der Waals surface area contributed by atoms with Gasteiger partial charge in [0, 0.05) is 30.3 Å². The van der Waals surface area contributed by atoms with Gasteiger partial charge in [0.2, 0.25) is 0 Å². The number of fused-ring (bicyclic) bond motifs is 1. The van der Waals surface area contributed by atoms with E-state index in [1.165, 1.54) is 11.1 Å². The zero-order valence-electron chi connectivity index (χ0n) is 13.1. The zero-order chi connectivity index (χ0) is 15.5. The van der Waals surface area contributed by atoms with Crippen molar-refractivity contribution in [2.45, 2.75) is 31.8 Å². The van der Waals surface area contributed by atoms with Gasteiger partial charge in [-0.2, -0.15) is 5.10 Å². The lowest BCUT2D eigenvalue weighted by Gasteiger charge is -2.22. The third-order valence-corrected chi connectivity index (χ3v) is 4.07. The Morgan fingerprint density at radius 2 is 2.14 bits per heavy atom. The summed E-state index contributed by atoms with van der Waals surface area (Å²) >= 11 is 0. The maximum atomic E-state index is 12.3. The normalized spacial score (nSPS) is 17.3. The number of rotatable bonds is 4. The number of hydrogen-bond donors (Lipinski definition) is 2. The van der Waals surface area contributed by atoms with Crippen LogP contribution < -0.4 is 5.32 Å². The number of aryl methyl sites for hydroxylation is 1. The van der Waals surface area contributed by atoms with Crippen LogP contribution >= 0.6 is 0 Å². The molecule has 3 rings (SSSR count). The predicted octanol–water partition coefficient (Wildman–Crippen LogP) is 1.76. The SMILES string of the molecule is CN(C)Cc1ccc(C(=O)N[C@H]2CCc3cn[nH]c3C2)cc1. The van der Waals surface area contributed by atoms with Gasteiger partial charge in [0.15, 0.2) is 0 Å². The zero-order valence-corrected chi connectivity index (χ0v) is 13.1. The van der Waals surface area contributed by atoms with Gasteiger partial charge in [-0.25, -0.2) is 0 Å². The van der Waals surface area contributed by atoms with Crippen LogP contribution in [0.5, 0.6) is 0 Å². The Labute approximate surface area is 130 Å². The van der Waals surface area contributed by atoms with E-state index < -0.39 is 0 Å². The summed E-state index contributed by atoms with van der Waals surface area (Å²) in [4.78, 5) is 14.5. The molecule has 0 unspecified atom stereocenters. The van der Waals surface area contributed by atoms with Crippen LogP contribution in [-0.4, -0.2) is 41.1 Å². The van der Waals surface area contributed by atoms with E-state index in [1.54, 1.807) is 0 Å². The molecular formula is C17H22N4O. The number of aromatic amines is 1. The van der Waals surface area contributed by atoms with E-state index in [1.807, 2.05) is 44.6 Å². The molecule has 1 aliphatic carbocycles. The van der Waals surface area contributed by atoms with E-state index in [-0.39, 0.29) is 11.9 Å². The van der Waals surface area contributed by atoms with Crippen molar-refractivity contribution in [1.29, 1.82) is 0 Å². The van der Waals surface area contributed by atoms with Crippen LogP contribution in [0.25, 0.3) is 0 Å². The first kappa shape index (κ1) is 14.8. The van der Waals surface area contributed by atoms with E-state index in [9.17, 15) is 4.79 Å². The number of carbonyl (C=O) groups is 1. The summed E-state index contributed by atoms with van der Waals surface area (Å²) in [5.74, 6) is 0.00404. The fraction of sp³-hybridized carbons (Fsp3) is 0.412. The molecule has 0 aliphatic heterocycles. The predicted molar refractivity (Wildman–Crippen MR) is 85.7 cm³/mol. The Kier molecular flexibility index (Phi) is 4.24. The molecule has 2 aromatic rings. The molecule has 1 heterocycles. The van der Waals surface area contributed by atoms with E-state index in [4.69, 9.17) is 0 Å². The highest BCUT2D eigenvalue weighted by atomic mass is 16.1. The molecule has 5 nitrogen and oxygen atoms in total. The van der Waals surface area contributed by atoms with Crippen LogP contribution in [0.1, 0.15) is 33.6 Å². The number of amides is 1. The number of aromatic nitrogens is 2. The van der Waals surface area contributed by atoms with Crippen molar-refractivity contribution in [3.63, 3.8) is 0 Å². The van der Waals surface area contributed by atoms with Gasteiger partial charge in [0.1, 0.15) is 0 Å². The molecule has 0 fully saturated rings. The number of nitrogens with zero attached hydrogens (tertiary/aromatic N) is 2. The average Bonchev–Trinajstić information content (AvgIpc) is 2.95. The molecular weight excluding hydrogens is 276 g/mol. The monoisotopic (exact) mass is 298 g/mol. The molecule has 22 heavy (non-hydrogen) atoms. The molecule has 1 amide bonds. The molecule has 116 valence electrons. The first-order chi connectivity index (χ1) is 10.6. The van der Waals surface area contributed by atoms with Crippen molar-refractivity contribution in [3.8, 4) is 0 Å². The minimum Gasteiger partial charge on any atom is -0.349 e. The van der Waals surface area contributed by atoms with Crippen LogP contribution in [0.3, 0.4) is 0 Å². The van der Waals surface area contributed by atoms with Crippen LogP contribution in [-0.2, 0) is 19.4 Å². The van der Waals surface area contributed by atoms with Gasteiger partial charge in [-0.15, -0.1) is 0 Å². The second-order valence-electron chi connectivity index (χ2n) is 6.22. The van der Waals surface area contributed by atoms with Crippen molar-refractivity contribution in [2.75, 3.05) is 14.1 Å². The van der Waals surface area contributed by atoms with Gasteiger partial charge in [-0.05, 0) is 50.2 Å². The highest BCUT2D eigenvalue weighted by Gasteiger charge is 2.21. The fourth-order valence-corrected chi connectivity index (χ4v) is 2.93. The minimum atomic E-state index is 0.00404. The Bertz CT molecular complexity index is 645. The van der Waals surface area contributed by atoms with Crippen molar-refractivity contribution < 1.29 is 4.79 Å². The highest BCUT2D eigenvalue weighted by Crippen LogP contribution is 2.19. The summed E-state index contributed by atoms with van der Waals surface area (Å²) in [7, 11) is 4.07. The smallest absolute Gasteiger partial charge is 0.251 e. The Morgan fingerprint density at radius 3 is 2.86 bits per heavy atom. The maximum Gasteiger partial charge on any atom is 0.251 e. The number of hydrogen-bond acceptors (Lipinski definition) is 3. The van der Waals surface area contributed by atoms with Crippen molar-refractivity contribution in [2.24, 2.45) is 0 Å². The lowest BCUT2D eigenvalue weighted by atomic mass is 9.93. The van der Waals surface area contributed by atoms with Crippen LogP contribution in [0.4, 0.5) is 0 Å². The fourth-order valence-electron chi connectivity index (χ4n) is 2.93. The van der Waals surface area contributed by atoms with Crippen LogP contribution in [0.15, 0.2) is 30.5 Å². The molecule has 0 saturated heterocycles. The van der Waals surface area contributed by atoms with Gasteiger partial charge in [-0.3, -0.25) is 9.89 Å².